The van der Waals surface area contributed by atoms with Crippen LogP contribution in [0, 0.1) is 12.8 Å². The van der Waals surface area contributed by atoms with E-state index in [0.29, 0.717) is 25.0 Å². The van der Waals surface area contributed by atoms with Gasteiger partial charge in [-0.3, -0.25) is 14.5 Å². The van der Waals surface area contributed by atoms with Crippen molar-refractivity contribution in [1.82, 2.24) is 20.0 Å². The van der Waals surface area contributed by atoms with Crippen molar-refractivity contribution in [2.24, 2.45) is 5.92 Å². The molecule has 34 heavy (non-hydrogen) atoms. The summed E-state index contributed by atoms with van der Waals surface area (Å²) in [7, 11) is 0. The van der Waals surface area contributed by atoms with Crippen molar-refractivity contribution in [2.45, 2.75) is 77.3 Å². The summed E-state index contributed by atoms with van der Waals surface area (Å²) >= 11 is 0. The van der Waals surface area contributed by atoms with Crippen LogP contribution in [-0.4, -0.2) is 84.4 Å². The van der Waals surface area contributed by atoms with Crippen molar-refractivity contribution in [1.29, 1.82) is 0 Å². The van der Waals surface area contributed by atoms with E-state index in [0.717, 1.165) is 56.6 Å². The van der Waals surface area contributed by atoms with Gasteiger partial charge in [-0.1, -0.05) is 37.0 Å². The van der Waals surface area contributed by atoms with Crippen molar-refractivity contribution in [3.8, 4) is 0 Å². The molecule has 6 nitrogen and oxygen atoms in total. The average molecular weight is 469 g/mol. The van der Waals surface area contributed by atoms with E-state index >= 15 is 0 Å². The van der Waals surface area contributed by atoms with Crippen molar-refractivity contribution < 1.29 is 9.59 Å². The van der Waals surface area contributed by atoms with Crippen LogP contribution < -0.4 is 5.32 Å². The fourth-order valence-corrected chi connectivity index (χ4v) is 6.12. The number of likely N-dealkylation sites (tertiary alicyclic amines) is 1. The third-order valence-electron chi connectivity index (χ3n) is 8.27. The summed E-state index contributed by atoms with van der Waals surface area (Å²) < 4.78 is 0. The topological polar surface area (TPSA) is 55.9 Å². The number of amides is 2. The van der Waals surface area contributed by atoms with Crippen molar-refractivity contribution in [3.63, 3.8) is 0 Å². The highest BCUT2D eigenvalue weighted by Gasteiger charge is 2.37. The Balaban J connectivity index is 1.28. The lowest BCUT2D eigenvalue weighted by Gasteiger charge is -2.41. The lowest BCUT2D eigenvalue weighted by Crippen LogP contribution is -2.58. The summed E-state index contributed by atoms with van der Waals surface area (Å²) in [6.45, 7) is 10.3. The summed E-state index contributed by atoms with van der Waals surface area (Å²) in [6.07, 6.45) is 9.72. The minimum Gasteiger partial charge on any atom is -0.355 e. The summed E-state index contributed by atoms with van der Waals surface area (Å²) in [5.74, 6) is 0.756. The van der Waals surface area contributed by atoms with Crippen LogP contribution in [0.5, 0.6) is 0 Å². The van der Waals surface area contributed by atoms with E-state index in [2.05, 4.69) is 22.0 Å². The highest BCUT2D eigenvalue weighted by Crippen LogP contribution is 2.31. The van der Waals surface area contributed by atoms with Gasteiger partial charge in [0.05, 0.1) is 6.04 Å². The van der Waals surface area contributed by atoms with Crippen LogP contribution in [-0.2, 0) is 4.79 Å². The molecule has 1 N–H and O–H groups in total. The SMILES string of the molecule is Cc1ccc(C(=O)N2CCN([C@H](C(=O)NCCCN3CCCC[C@H]3C)C3CCCC3)CC2)cc1. The summed E-state index contributed by atoms with van der Waals surface area (Å²) in [4.78, 5) is 33.2. The molecule has 3 fully saturated rings. The Kier molecular flexibility index (Phi) is 9.01. The van der Waals surface area contributed by atoms with Crippen molar-refractivity contribution >= 4 is 11.8 Å². The molecule has 0 bridgehead atoms. The minimum absolute atomic E-state index is 0.0481. The smallest absolute Gasteiger partial charge is 0.253 e. The third kappa shape index (κ3) is 6.39. The molecule has 6 heteroatoms. The largest absolute Gasteiger partial charge is 0.355 e. The Morgan fingerprint density at radius 2 is 1.62 bits per heavy atom. The van der Waals surface area contributed by atoms with Crippen LogP contribution in [0.4, 0.5) is 0 Å². The highest BCUT2D eigenvalue weighted by atomic mass is 16.2. The van der Waals surface area contributed by atoms with Crippen LogP contribution in [0.25, 0.3) is 0 Å². The van der Waals surface area contributed by atoms with Crippen LogP contribution in [0.2, 0.25) is 0 Å². The van der Waals surface area contributed by atoms with Crippen molar-refractivity contribution in [3.05, 3.63) is 35.4 Å². The van der Waals surface area contributed by atoms with Gasteiger partial charge in [-0.2, -0.15) is 0 Å². The maximum absolute atomic E-state index is 13.4. The van der Waals surface area contributed by atoms with Gasteiger partial charge in [0.1, 0.15) is 0 Å². The number of piperidine rings is 1. The zero-order valence-electron chi connectivity index (χ0n) is 21.3. The van der Waals surface area contributed by atoms with Gasteiger partial charge in [0.2, 0.25) is 5.91 Å². The molecule has 2 amide bonds. The molecule has 2 atom stereocenters. The number of carbonyl (C=O) groups is 2. The second-order valence-electron chi connectivity index (χ2n) is 10.7. The van der Waals surface area contributed by atoms with Gasteiger partial charge in [-0.25, -0.2) is 0 Å². The number of hydrogen-bond acceptors (Lipinski definition) is 4. The number of rotatable bonds is 8. The van der Waals surface area contributed by atoms with E-state index in [4.69, 9.17) is 0 Å². The van der Waals surface area contributed by atoms with Crippen LogP contribution in [0.15, 0.2) is 24.3 Å². The monoisotopic (exact) mass is 468 g/mol. The first-order valence-corrected chi connectivity index (χ1v) is 13.6. The van der Waals surface area contributed by atoms with Gasteiger partial charge in [-0.15, -0.1) is 0 Å². The van der Waals surface area contributed by atoms with Crippen LogP contribution in [0.1, 0.15) is 74.2 Å². The second-order valence-corrected chi connectivity index (χ2v) is 10.7. The number of carbonyl (C=O) groups excluding carboxylic acids is 2. The van der Waals surface area contributed by atoms with Crippen LogP contribution in [0.3, 0.4) is 0 Å². The molecule has 1 saturated carbocycles. The van der Waals surface area contributed by atoms with Crippen molar-refractivity contribution in [2.75, 3.05) is 45.8 Å². The summed E-state index contributed by atoms with van der Waals surface area (Å²) in [5.41, 5.74) is 1.92. The third-order valence-corrected chi connectivity index (χ3v) is 8.27. The standard InChI is InChI=1S/C28H44N4O2/c1-22-11-13-25(14-12-22)28(34)32-20-18-31(19-21-32)26(24-9-3-4-10-24)27(33)29-15-7-17-30-16-6-5-8-23(30)2/h11-14,23-24,26H,3-10,15-21H2,1-2H3,(H,29,33)/t23-,26+/m1/s1. The molecule has 1 aliphatic carbocycles. The Morgan fingerprint density at radius 1 is 0.941 bits per heavy atom. The van der Waals surface area contributed by atoms with E-state index in [9.17, 15) is 9.59 Å². The van der Waals surface area contributed by atoms with Gasteiger partial charge >= 0.3 is 0 Å². The maximum atomic E-state index is 13.4. The van der Waals surface area contributed by atoms with Gasteiger partial charge in [0.25, 0.3) is 5.91 Å². The Hall–Kier alpha value is -1.92. The number of nitrogens with one attached hydrogen (secondary N) is 1. The summed E-state index contributed by atoms with van der Waals surface area (Å²) in [5, 5.41) is 3.29. The first-order chi connectivity index (χ1) is 16.5. The quantitative estimate of drug-likeness (QED) is 0.591. The number of nitrogens with zero attached hydrogens (tertiary/aromatic N) is 3. The number of hydrogen-bond donors (Lipinski definition) is 1. The predicted octanol–water partition coefficient (Wildman–Crippen LogP) is 3.69. The average Bonchev–Trinajstić information content (AvgIpc) is 3.38. The highest BCUT2D eigenvalue weighted by molar-refractivity contribution is 5.94. The molecule has 2 aliphatic heterocycles. The fourth-order valence-electron chi connectivity index (χ4n) is 6.12. The molecule has 0 unspecified atom stereocenters. The molecule has 1 aromatic rings. The molecular weight excluding hydrogens is 424 g/mol. The second kappa shape index (κ2) is 12.2. The number of piperazine rings is 1. The number of aryl methyl sites for hydroxylation is 1. The van der Waals surface area contributed by atoms with Gasteiger partial charge in [0.15, 0.2) is 0 Å². The zero-order valence-corrected chi connectivity index (χ0v) is 21.3. The van der Waals surface area contributed by atoms with E-state index in [-0.39, 0.29) is 17.9 Å². The molecule has 0 aromatic heterocycles. The lowest BCUT2D eigenvalue weighted by molar-refractivity contribution is -0.129. The first-order valence-electron chi connectivity index (χ1n) is 13.6. The first kappa shape index (κ1) is 25.2. The molecule has 4 rings (SSSR count). The predicted molar refractivity (Wildman–Crippen MR) is 137 cm³/mol. The molecule has 2 heterocycles. The maximum Gasteiger partial charge on any atom is 0.253 e. The number of benzene rings is 1. The lowest BCUT2D eigenvalue weighted by atomic mass is 9.95. The summed E-state index contributed by atoms with van der Waals surface area (Å²) in [6, 6.07) is 8.46. The molecule has 1 aromatic carbocycles. The molecule has 3 aliphatic rings. The molecule has 2 saturated heterocycles. The van der Waals surface area contributed by atoms with E-state index in [1.165, 1.54) is 38.6 Å². The zero-order chi connectivity index (χ0) is 23.9. The normalized spacial score (nSPS) is 23.7. The van der Waals surface area contributed by atoms with E-state index in [1.807, 2.05) is 36.1 Å². The molecule has 188 valence electrons. The Morgan fingerprint density at radius 3 is 2.29 bits per heavy atom. The minimum atomic E-state index is -0.0481. The van der Waals surface area contributed by atoms with Gasteiger partial charge < -0.3 is 15.1 Å². The molecule has 0 radical (unpaired) electrons. The van der Waals surface area contributed by atoms with Gasteiger partial charge in [-0.05, 0) is 70.5 Å². The Labute approximate surface area is 206 Å². The molecule has 0 spiro atoms. The van der Waals surface area contributed by atoms with E-state index < -0.39 is 0 Å². The molecular formula is C28H44N4O2. The fraction of sp³-hybridized carbons (Fsp3) is 0.714. The van der Waals surface area contributed by atoms with Gasteiger partial charge in [0, 0.05) is 50.9 Å². The Bertz CT molecular complexity index is 797. The van der Waals surface area contributed by atoms with E-state index in [1.54, 1.807) is 0 Å². The van der Waals surface area contributed by atoms with Crippen LogP contribution >= 0.6 is 0 Å².